The van der Waals surface area contributed by atoms with Gasteiger partial charge in [-0.2, -0.15) is 0 Å². The molecule has 2 N–H and O–H groups in total. The van der Waals surface area contributed by atoms with Crippen LogP contribution in [0.25, 0.3) is 0 Å². The summed E-state index contributed by atoms with van der Waals surface area (Å²) in [6, 6.07) is 34.9. The third kappa shape index (κ3) is 7.37. The number of benzene rings is 4. The van der Waals surface area contributed by atoms with Crippen LogP contribution < -0.4 is 0 Å². The van der Waals surface area contributed by atoms with E-state index in [0.29, 0.717) is 26.1 Å². The van der Waals surface area contributed by atoms with Crippen molar-refractivity contribution in [2.45, 2.75) is 95.8 Å². The number of aryl methyl sites for hydroxylation is 2. The van der Waals surface area contributed by atoms with Crippen molar-refractivity contribution in [2.75, 3.05) is 6.61 Å². The lowest BCUT2D eigenvalue weighted by Crippen LogP contribution is -2.68. The fraction of sp³-hybridized carbons (Fsp3) is 0.405. The van der Waals surface area contributed by atoms with Gasteiger partial charge in [-0.3, -0.25) is 4.79 Å². The number of aliphatic hydroxyl groups is 1. The van der Waals surface area contributed by atoms with Crippen LogP contribution in [0.3, 0.4) is 0 Å². The number of carboxylic acids is 1. The van der Waals surface area contributed by atoms with Gasteiger partial charge in [0, 0.05) is 17.9 Å². The van der Waals surface area contributed by atoms with Crippen LogP contribution in [-0.4, -0.2) is 46.2 Å². The Bertz CT molecular complexity index is 1700. The second-order valence-electron chi connectivity index (χ2n) is 14.2. The molecule has 0 aromatic heterocycles. The number of ether oxygens (including phenoxy) is 4. The lowest BCUT2D eigenvalue weighted by atomic mass is 9.70. The number of fused-ring (bicyclic) bond motifs is 2. The minimum Gasteiger partial charge on any atom is -0.481 e. The fourth-order valence-electron chi connectivity index (χ4n) is 7.35. The van der Waals surface area contributed by atoms with Crippen LogP contribution in [-0.2, 0) is 55.6 Å². The van der Waals surface area contributed by atoms with E-state index in [1.54, 1.807) is 13.8 Å². The normalized spacial score (nSPS) is 25.0. The van der Waals surface area contributed by atoms with Gasteiger partial charge in [0.2, 0.25) is 5.79 Å². The van der Waals surface area contributed by atoms with E-state index in [1.807, 2.05) is 66.7 Å². The van der Waals surface area contributed by atoms with Gasteiger partial charge in [-0.1, -0.05) is 104 Å². The third-order valence-electron chi connectivity index (χ3n) is 10.4. The van der Waals surface area contributed by atoms with E-state index >= 15 is 0 Å². The maximum absolute atomic E-state index is 11.7. The second kappa shape index (κ2) is 14.6. The molecule has 7 heteroatoms. The van der Waals surface area contributed by atoms with E-state index in [4.69, 9.17) is 24.1 Å². The average molecular weight is 665 g/mol. The molecule has 6 rings (SSSR count). The lowest BCUT2D eigenvalue weighted by molar-refractivity contribution is -0.352. The highest BCUT2D eigenvalue weighted by Gasteiger charge is 2.71. The van der Waals surface area contributed by atoms with E-state index in [1.165, 1.54) is 0 Å². The first kappa shape index (κ1) is 35.0. The van der Waals surface area contributed by atoms with Gasteiger partial charge in [-0.25, -0.2) is 0 Å². The predicted molar refractivity (Wildman–Crippen MR) is 188 cm³/mol. The Balaban J connectivity index is 1.36. The van der Waals surface area contributed by atoms with Crippen molar-refractivity contribution in [3.63, 3.8) is 0 Å². The molecule has 2 fully saturated rings. The number of carboxylic acid groups (broad SMARTS) is 1. The SMILES string of the molecule is Cc1ccc([C@]23OC[C@](C(C)(C)O)(O2)[C@@H](C)[C@H](OCc2ccccc2)[C@H]3OCc2ccccc2)cc1Cc1ccc(CCCC(=O)O)cc1. The molecule has 258 valence electrons. The molecule has 2 aliphatic rings. The smallest absolute Gasteiger partial charge is 0.303 e. The highest BCUT2D eigenvalue weighted by molar-refractivity contribution is 5.66. The Labute approximate surface area is 289 Å². The molecule has 0 radical (unpaired) electrons. The Morgan fingerprint density at radius 1 is 0.857 bits per heavy atom. The van der Waals surface area contributed by atoms with Crippen LogP contribution in [0.4, 0.5) is 0 Å². The first-order valence-electron chi connectivity index (χ1n) is 17.3. The zero-order valence-electron chi connectivity index (χ0n) is 28.9. The molecule has 2 aliphatic heterocycles. The summed E-state index contributed by atoms with van der Waals surface area (Å²) in [6.45, 7) is 8.64. The van der Waals surface area contributed by atoms with E-state index in [2.05, 4.69) is 50.2 Å². The van der Waals surface area contributed by atoms with Crippen LogP contribution in [0, 0.1) is 12.8 Å². The standard InChI is InChI=1S/C42H48O7/c1-29-18-23-36(25-35(29)24-32-21-19-31(20-22-32)16-11-17-37(43)44)42-39(47-27-34-14-9-6-10-15-34)38(46-26-33-12-7-5-8-13-33)30(2)41(49-42,28-48-42)40(3,4)45/h5-10,12-15,18-23,25,30,38-39,45H,11,16-17,24,26-28H2,1-4H3,(H,43,44)/t30-,38-,39+,41-,42-/m0/s1. The van der Waals surface area contributed by atoms with Crippen molar-refractivity contribution in [1.82, 2.24) is 0 Å². The van der Waals surface area contributed by atoms with Crippen LogP contribution >= 0.6 is 0 Å². The molecule has 0 saturated carbocycles. The summed E-state index contributed by atoms with van der Waals surface area (Å²) >= 11 is 0. The Morgan fingerprint density at radius 3 is 2.08 bits per heavy atom. The third-order valence-corrected chi connectivity index (χ3v) is 10.4. The summed E-state index contributed by atoms with van der Waals surface area (Å²) < 4.78 is 27.6. The zero-order chi connectivity index (χ0) is 34.6. The molecular formula is C42H48O7. The summed E-state index contributed by atoms with van der Waals surface area (Å²) in [7, 11) is 0. The number of carbonyl (C=O) groups is 1. The predicted octanol–water partition coefficient (Wildman–Crippen LogP) is 7.52. The van der Waals surface area contributed by atoms with Crippen molar-refractivity contribution in [3.05, 3.63) is 142 Å². The van der Waals surface area contributed by atoms with E-state index in [-0.39, 0.29) is 18.9 Å². The number of hydrogen-bond donors (Lipinski definition) is 2. The lowest BCUT2D eigenvalue weighted by Gasteiger charge is -2.54. The van der Waals surface area contributed by atoms with Gasteiger partial charge in [-0.05, 0) is 79.5 Å². The van der Waals surface area contributed by atoms with Gasteiger partial charge < -0.3 is 29.2 Å². The molecular weight excluding hydrogens is 616 g/mol. The minimum absolute atomic E-state index is 0.168. The fourth-order valence-corrected chi connectivity index (χ4v) is 7.35. The van der Waals surface area contributed by atoms with Gasteiger partial charge >= 0.3 is 5.97 Å². The molecule has 5 atom stereocenters. The molecule has 0 aliphatic carbocycles. The monoisotopic (exact) mass is 664 g/mol. The Hall–Kier alpha value is -3.85. The topological polar surface area (TPSA) is 94.5 Å². The largest absolute Gasteiger partial charge is 0.481 e. The highest BCUT2D eigenvalue weighted by atomic mass is 16.8. The number of hydrogen-bond acceptors (Lipinski definition) is 6. The first-order valence-corrected chi connectivity index (χ1v) is 17.3. The van der Waals surface area contributed by atoms with E-state index in [9.17, 15) is 9.90 Å². The maximum atomic E-state index is 11.7. The van der Waals surface area contributed by atoms with E-state index < -0.39 is 35.2 Å². The summed E-state index contributed by atoms with van der Waals surface area (Å²) in [5, 5.41) is 20.7. The zero-order valence-corrected chi connectivity index (χ0v) is 28.9. The van der Waals surface area contributed by atoms with Crippen LogP contribution in [0.15, 0.2) is 103 Å². The average Bonchev–Trinajstić information content (AvgIpc) is 3.48. The van der Waals surface area contributed by atoms with Gasteiger partial charge in [0.25, 0.3) is 0 Å². The quantitative estimate of drug-likeness (QED) is 0.144. The highest BCUT2D eigenvalue weighted by Crippen LogP contribution is 2.57. The summed E-state index contributed by atoms with van der Waals surface area (Å²) in [5.74, 6) is -2.37. The second-order valence-corrected chi connectivity index (χ2v) is 14.2. The van der Waals surface area contributed by atoms with Gasteiger partial charge in [0.1, 0.15) is 11.7 Å². The molecule has 4 aromatic carbocycles. The maximum Gasteiger partial charge on any atom is 0.303 e. The molecule has 4 aromatic rings. The Morgan fingerprint density at radius 2 is 1.47 bits per heavy atom. The van der Waals surface area contributed by atoms with E-state index in [0.717, 1.165) is 45.4 Å². The van der Waals surface area contributed by atoms with Crippen molar-refractivity contribution < 1.29 is 34.0 Å². The summed E-state index contributed by atoms with van der Waals surface area (Å²) in [6.07, 6.45) is 1.10. The van der Waals surface area contributed by atoms with Gasteiger partial charge in [0.15, 0.2) is 0 Å². The molecule has 0 amide bonds. The summed E-state index contributed by atoms with van der Waals surface area (Å²) in [5.41, 5.74) is 5.14. The molecule has 2 heterocycles. The molecule has 49 heavy (non-hydrogen) atoms. The van der Waals surface area contributed by atoms with Crippen LogP contribution in [0.5, 0.6) is 0 Å². The van der Waals surface area contributed by atoms with Crippen LogP contribution in [0.2, 0.25) is 0 Å². The molecule has 0 unspecified atom stereocenters. The number of rotatable bonds is 14. The van der Waals surface area contributed by atoms with Crippen molar-refractivity contribution in [3.8, 4) is 0 Å². The molecule has 2 bridgehead atoms. The van der Waals surface area contributed by atoms with Crippen molar-refractivity contribution in [2.24, 2.45) is 5.92 Å². The van der Waals surface area contributed by atoms with Crippen molar-refractivity contribution >= 4 is 5.97 Å². The molecule has 7 nitrogen and oxygen atoms in total. The van der Waals surface area contributed by atoms with Gasteiger partial charge in [0.05, 0.1) is 31.5 Å². The molecule has 0 spiro atoms. The van der Waals surface area contributed by atoms with Gasteiger partial charge in [-0.15, -0.1) is 0 Å². The van der Waals surface area contributed by atoms with Crippen LogP contribution in [0.1, 0.15) is 72.6 Å². The molecule has 2 saturated heterocycles. The summed E-state index contributed by atoms with van der Waals surface area (Å²) in [4.78, 5) is 10.9. The minimum atomic E-state index is -1.33. The first-order chi connectivity index (χ1) is 23.5. The van der Waals surface area contributed by atoms with Crippen molar-refractivity contribution in [1.29, 1.82) is 0 Å². The number of aliphatic carboxylic acids is 1. The Kier molecular flexibility index (Phi) is 10.4.